The second kappa shape index (κ2) is 6.89. The first-order chi connectivity index (χ1) is 6.18. The minimum atomic E-state index is -0.198. The monoisotopic (exact) mass is 187 g/mol. The van der Waals surface area contributed by atoms with E-state index in [2.05, 4.69) is 19.2 Å². The van der Waals surface area contributed by atoms with Crippen molar-refractivity contribution < 1.29 is 9.53 Å². The van der Waals surface area contributed by atoms with Gasteiger partial charge in [-0.3, -0.25) is 4.79 Å². The zero-order valence-corrected chi connectivity index (χ0v) is 8.93. The molecule has 0 heterocycles. The summed E-state index contributed by atoms with van der Waals surface area (Å²) in [5, 5.41) is 2.66. The van der Waals surface area contributed by atoms with E-state index in [4.69, 9.17) is 4.74 Å². The van der Waals surface area contributed by atoms with E-state index in [1.54, 1.807) is 0 Å². The first-order valence-corrected chi connectivity index (χ1v) is 4.99. The van der Waals surface area contributed by atoms with Crippen molar-refractivity contribution >= 4 is 6.41 Å². The number of amides is 1. The van der Waals surface area contributed by atoms with Crippen molar-refractivity contribution in [1.82, 2.24) is 5.32 Å². The van der Waals surface area contributed by atoms with Gasteiger partial charge in [0, 0.05) is 13.2 Å². The summed E-state index contributed by atoms with van der Waals surface area (Å²) in [6.07, 6.45) is 3.85. The van der Waals surface area contributed by atoms with Gasteiger partial charge in [0.1, 0.15) is 0 Å². The highest BCUT2D eigenvalue weighted by Crippen LogP contribution is 2.14. The predicted octanol–water partition coefficient (Wildman–Crippen LogP) is 1.72. The Hall–Kier alpha value is -0.570. The third-order valence-corrected chi connectivity index (χ3v) is 2.26. The van der Waals surface area contributed by atoms with Crippen LogP contribution in [-0.4, -0.2) is 25.2 Å². The number of unbranched alkanes of at least 4 members (excludes halogenated alkanes) is 1. The molecule has 0 spiro atoms. The van der Waals surface area contributed by atoms with Crippen LogP contribution < -0.4 is 5.32 Å². The van der Waals surface area contributed by atoms with Crippen molar-refractivity contribution in [3.63, 3.8) is 0 Å². The number of carbonyl (C=O) groups excluding carboxylic acids is 1. The lowest BCUT2D eigenvalue weighted by Crippen LogP contribution is -2.39. The lowest BCUT2D eigenvalue weighted by atomic mass is 10.0. The van der Waals surface area contributed by atoms with Crippen LogP contribution in [0.2, 0.25) is 0 Å². The summed E-state index contributed by atoms with van der Waals surface area (Å²) < 4.78 is 5.70. The molecular weight excluding hydrogens is 166 g/mol. The Morgan fingerprint density at radius 2 is 2.15 bits per heavy atom. The van der Waals surface area contributed by atoms with Crippen molar-refractivity contribution in [1.29, 1.82) is 0 Å². The Morgan fingerprint density at radius 3 is 2.62 bits per heavy atom. The zero-order chi connectivity index (χ0) is 10.2. The lowest BCUT2D eigenvalue weighted by molar-refractivity contribution is -0.111. The SMILES string of the molecule is CCCCOC(C)(CC)CNC=O. The highest BCUT2D eigenvalue weighted by atomic mass is 16.5. The third-order valence-electron chi connectivity index (χ3n) is 2.26. The molecule has 1 N–H and O–H groups in total. The molecular formula is C10H21NO2. The molecule has 13 heavy (non-hydrogen) atoms. The van der Waals surface area contributed by atoms with Gasteiger partial charge in [-0.2, -0.15) is 0 Å². The molecule has 0 rings (SSSR count). The van der Waals surface area contributed by atoms with Gasteiger partial charge in [0.05, 0.1) is 5.60 Å². The number of hydrogen-bond donors (Lipinski definition) is 1. The van der Waals surface area contributed by atoms with E-state index in [0.29, 0.717) is 6.54 Å². The molecule has 0 aliphatic rings. The Kier molecular flexibility index (Phi) is 6.59. The van der Waals surface area contributed by atoms with E-state index in [9.17, 15) is 4.79 Å². The Morgan fingerprint density at radius 1 is 1.46 bits per heavy atom. The van der Waals surface area contributed by atoms with Gasteiger partial charge >= 0.3 is 0 Å². The molecule has 1 unspecified atom stereocenters. The van der Waals surface area contributed by atoms with Crippen molar-refractivity contribution in [3.05, 3.63) is 0 Å². The zero-order valence-electron chi connectivity index (χ0n) is 8.93. The van der Waals surface area contributed by atoms with Crippen LogP contribution in [0.3, 0.4) is 0 Å². The number of ether oxygens (including phenoxy) is 1. The molecule has 0 fully saturated rings. The van der Waals surface area contributed by atoms with E-state index >= 15 is 0 Å². The van der Waals surface area contributed by atoms with Gasteiger partial charge in [-0.05, 0) is 19.8 Å². The summed E-state index contributed by atoms with van der Waals surface area (Å²) in [6, 6.07) is 0. The normalized spacial score (nSPS) is 15.0. The molecule has 0 radical (unpaired) electrons. The van der Waals surface area contributed by atoms with E-state index in [1.807, 2.05) is 6.92 Å². The second-order valence-corrected chi connectivity index (χ2v) is 3.50. The molecule has 0 saturated heterocycles. The number of nitrogens with one attached hydrogen (secondary N) is 1. The standard InChI is InChI=1S/C10H21NO2/c1-4-6-7-13-10(3,5-2)8-11-9-12/h9H,4-8H2,1-3H3,(H,11,12). The van der Waals surface area contributed by atoms with E-state index in [1.165, 1.54) is 0 Å². The molecule has 0 saturated carbocycles. The molecule has 0 aliphatic heterocycles. The van der Waals surface area contributed by atoms with Gasteiger partial charge in [-0.1, -0.05) is 20.3 Å². The summed E-state index contributed by atoms with van der Waals surface area (Å²) in [4.78, 5) is 10.1. The van der Waals surface area contributed by atoms with E-state index in [-0.39, 0.29) is 5.60 Å². The maximum atomic E-state index is 10.1. The highest BCUT2D eigenvalue weighted by Gasteiger charge is 2.21. The number of carbonyl (C=O) groups is 1. The van der Waals surface area contributed by atoms with Crippen LogP contribution in [0.25, 0.3) is 0 Å². The van der Waals surface area contributed by atoms with E-state index in [0.717, 1.165) is 32.3 Å². The molecule has 3 heteroatoms. The first kappa shape index (κ1) is 12.4. The molecule has 78 valence electrons. The van der Waals surface area contributed by atoms with Gasteiger partial charge in [0.15, 0.2) is 0 Å². The molecule has 0 bridgehead atoms. The third kappa shape index (κ3) is 5.64. The Bertz CT molecular complexity index is 139. The van der Waals surface area contributed by atoms with Gasteiger partial charge in [0.25, 0.3) is 0 Å². The molecule has 1 atom stereocenters. The average molecular weight is 187 g/mol. The second-order valence-electron chi connectivity index (χ2n) is 3.50. The minimum Gasteiger partial charge on any atom is -0.373 e. The van der Waals surface area contributed by atoms with Gasteiger partial charge in [-0.25, -0.2) is 0 Å². The molecule has 3 nitrogen and oxygen atoms in total. The molecule has 1 amide bonds. The highest BCUT2D eigenvalue weighted by molar-refractivity contribution is 5.46. The smallest absolute Gasteiger partial charge is 0.207 e. The first-order valence-electron chi connectivity index (χ1n) is 4.99. The fourth-order valence-corrected chi connectivity index (χ4v) is 0.999. The molecule has 0 aromatic rings. The van der Waals surface area contributed by atoms with Crippen LogP contribution in [0, 0.1) is 0 Å². The Balaban J connectivity index is 3.73. The Labute approximate surface area is 80.8 Å². The van der Waals surface area contributed by atoms with Crippen molar-refractivity contribution in [2.45, 2.75) is 45.6 Å². The molecule has 0 aromatic carbocycles. The predicted molar refractivity (Wildman–Crippen MR) is 53.6 cm³/mol. The topological polar surface area (TPSA) is 38.3 Å². The van der Waals surface area contributed by atoms with Crippen LogP contribution >= 0.6 is 0 Å². The molecule has 0 aromatic heterocycles. The van der Waals surface area contributed by atoms with Crippen molar-refractivity contribution in [2.24, 2.45) is 0 Å². The maximum absolute atomic E-state index is 10.1. The van der Waals surface area contributed by atoms with Crippen LogP contribution in [0.4, 0.5) is 0 Å². The van der Waals surface area contributed by atoms with Crippen molar-refractivity contribution in [2.75, 3.05) is 13.2 Å². The quantitative estimate of drug-likeness (QED) is 0.464. The summed E-state index contributed by atoms with van der Waals surface area (Å²) in [6.45, 7) is 7.60. The maximum Gasteiger partial charge on any atom is 0.207 e. The van der Waals surface area contributed by atoms with Crippen LogP contribution in [-0.2, 0) is 9.53 Å². The molecule has 0 aliphatic carbocycles. The lowest BCUT2D eigenvalue weighted by Gasteiger charge is -2.28. The van der Waals surface area contributed by atoms with Crippen LogP contribution in [0.5, 0.6) is 0 Å². The largest absolute Gasteiger partial charge is 0.373 e. The summed E-state index contributed by atoms with van der Waals surface area (Å²) in [7, 11) is 0. The minimum absolute atomic E-state index is 0.198. The summed E-state index contributed by atoms with van der Waals surface area (Å²) in [5.74, 6) is 0. The number of hydrogen-bond acceptors (Lipinski definition) is 2. The average Bonchev–Trinajstić information content (AvgIpc) is 2.15. The van der Waals surface area contributed by atoms with Crippen molar-refractivity contribution in [3.8, 4) is 0 Å². The fourth-order valence-electron chi connectivity index (χ4n) is 0.999. The summed E-state index contributed by atoms with van der Waals surface area (Å²) in [5.41, 5.74) is -0.198. The van der Waals surface area contributed by atoms with Crippen LogP contribution in [0.1, 0.15) is 40.0 Å². The van der Waals surface area contributed by atoms with Gasteiger partial charge in [0.2, 0.25) is 6.41 Å². The van der Waals surface area contributed by atoms with E-state index < -0.39 is 0 Å². The van der Waals surface area contributed by atoms with Crippen LogP contribution in [0.15, 0.2) is 0 Å². The summed E-state index contributed by atoms with van der Waals surface area (Å²) >= 11 is 0. The van der Waals surface area contributed by atoms with Gasteiger partial charge < -0.3 is 10.1 Å². The fraction of sp³-hybridized carbons (Fsp3) is 0.900. The van der Waals surface area contributed by atoms with Gasteiger partial charge in [-0.15, -0.1) is 0 Å². The number of rotatable bonds is 8.